The molecule has 1 aromatic rings. The normalized spacial score (nSPS) is 18.0. The number of esters is 1. The summed E-state index contributed by atoms with van der Waals surface area (Å²) in [7, 11) is -2.01. The number of ether oxygens (including phenoxy) is 1. The zero-order valence-corrected chi connectivity index (χ0v) is 16.5. The van der Waals surface area contributed by atoms with Gasteiger partial charge >= 0.3 is 5.97 Å². The molecule has 0 radical (unpaired) electrons. The second kappa shape index (κ2) is 8.22. The van der Waals surface area contributed by atoms with E-state index >= 15 is 0 Å². The highest BCUT2D eigenvalue weighted by atomic mass is 32.2. The molecule has 1 aromatic heterocycles. The summed E-state index contributed by atoms with van der Waals surface area (Å²) in [6, 6.07) is -0.298. The first kappa shape index (κ1) is 20.4. The number of H-pyrrole nitrogens is 1. The number of aromatic amines is 1. The molecule has 1 atom stereocenters. The van der Waals surface area contributed by atoms with E-state index < -0.39 is 16.0 Å². The Kier molecular flexibility index (Phi) is 6.46. The molecule has 0 bridgehead atoms. The first-order valence-electron chi connectivity index (χ1n) is 8.74. The van der Waals surface area contributed by atoms with Crippen LogP contribution in [0.2, 0.25) is 0 Å². The number of nitrogens with one attached hydrogen (secondary N) is 2. The van der Waals surface area contributed by atoms with Crippen molar-refractivity contribution in [2.75, 3.05) is 26.5 Å². The Balaban J connectivity index is 2.29. The van der Waals surface area contributed by atoms with E-state index in [0.29, 0.717) is 54.9 Å². The summed E-state index contributed by atoms with van der Waals surface area (Å²) in [6.45, 7) is 4.58. The topological polar surface area (TPSA) is 109 Å². The number of piperidine rings is 1. The lowest BCUT2D eigenvalue weighted by Gasteiger charge is -2.32. The Labute approximate surface area is 154 Å². The minimum atomic E-state index is -3.33. The minimum absolute atomic E-state index is 0.216. The summed E-state index contributed by atoms with van der Waals surface area (Å²) in [5.41, 5.74) is 2.08. The molecule has 1 amide bonds. The largest absolute Gasteiger partial charge is 0.465 e. The molecule has 26 heavy (non-hydrogen) atoms. The lowest BCUT2D eigenvalue weighted by atomic mass is 10.0. The molecule has 1 aliphatic heterocycles. The Hall–Kier alpha value is -1.87. The number of rotatable bonds is 6. The van der Waals surface area contributed by atoms with Crippen LogP contribution >= 0.6 is 0 Å². The maximum Gasteiger partial charge on any atom is 0.339 e. The van der Waals surface area contributed by atoms with Gasteiger partial charge in [-0.15, -0.1) is 0 Å². The van der Waals surface area contributed by atoms with Crippen molar-refractivity contribution >= 4 is 21.9 Å². The van der Waals surface area contributed by atoms with E-state index in [1.165, 1.54) is 7.11 Å². The quantitative estimate of drug-likeness (QED) is 0.716. The molecular weight excluding hydrogens is 358 g/mol. The predicted octanol–water partition coefficient (Wildman–Crippen LogP) is 1.22. The molecular formula is C17H27N3O5S. The molecule has 2 heterocycles. The SMILES string of the molecule is CCCc1c(C(=O)N2CCCC(NS(C)(=O)=O)C2)[nH]c(C)c1C(=O)OC. The Morgan fingerprint density at radius 1 is 1.38 bits per heavy atom. The molecule has 1 unspecified atom stereocenters. The summed E-state index contributed by atoms with van der Waals surface area (Å²) in [5, 5.41) is 0. The molecule has 0 aromatic carbocycles. The van der Waals surface area contributed by atoms with E-state index in [4.69, 9.17) is 4.74 Å². The fourth-order valence-electron chi connectivity index (χ4n) is 3.46. The van der Waals surface area contributed by atoms with Gasteiger partial charge in [-0.05, 0) is 31.7 Å². The molecule has 0 saturated carbocycles. The van der Waals surface area contributed by atoms with E-state index in [1.807, 2.05) is 6.92 Å². The van der Waals surface area contributed by atoms with Gasteiger partial charge in [0.2, 0.25) is 10.0 Å². The molecule has 1 saturated heterocycles. The van der Waals surface area contributed by atoms with Crippen molar-refractivity contribution < 1.29 is 22.7 Å². The van der Waals surface area contributed by atoms with Crippen LogP contribution in [0, 0.1) is 6.92 Å². The summed E-state index contributed by atoms with van der Waals surface area (Å²) in [5.74, 6) is -0.678. The van der Waals surface area contributed by atoms with Gasteiger partial charge in [0.1, 0.15) is 5.69 Å². The molecule has 0 aliphatic carbocycles. The summed E-state index contributed by atoms with van der Waals surface area (Å²) in [4.78, 5) is 29.8. The number of hydrogen-bond acceptors (Lipinski definition) is 5. The van der Waals surface area contributed by atoms with Gasteiger partial charge in [-0.3, -0.25) is 4.79 Å². The summed E-state index contributed by atoms with van der Waals surface area (Å²) >= 11 is 0. The highest BCUT2D eigenvalue weighted by molar-refractivity contribution is 7.88. The molecule has 146 valence electrons. The molecule has 2 rings (SSSR count). The molecule has 9 heteroatoms. The monoisotopic (exact) mass is 385 g/mol. The third kappa shape index (κ3) is 4.64. The van der Waals surface area contributed by atoms with Gasteiger partial charge in [-0.25, -0.2) is 17.9 Å². The molecule has 1 aliphatic rings. The standard InChI is InChI=1S/C17H27N3O5S/c1-5-7-13-14(17(22)25-3)11(2)18-15(13)16(21)20-9-6-8-12(10-20)19-26(4,23)24/h12,18-19H,5-10H2,1-4H3. The number of hydrogen-bond donors (Lipinski definition) is 2. The van der Waals surface area contributed by atoms with Crippen LogP contribution in [0.25, 0.3) is 0 Å². The fourth-order valence-corrected chi connectivity index (χ4v) is 4.25. The third-order valence-electron chi connectivity index (χ3n) is 4.48. The van der Waals surface area contributed by atoms with Crippen molar-refractivity contribution in [3.05, 3.63) is 22.5 Å². The molecule has 1 fully saturated rings. The second-order valence-electron chi connectivity index (χ2n) is 6.70. The van der Waals surface area contributed by atoms with Crippen molar-refractivity contribution in [3.63, 3.8) is 0 Å². The van der Waals surface area contributed by atoms with Crippen molar-refractivity contribution in [2.45, 2.75) is 45.6 Å². The maximum atomic E-state index is 13.0. The van der Waals surface area contributed by atoms with Gasteiger partial charge in [-0.2, -0.15) is 0 Å². The Bertz CT molecular complexity index is 785. The number of amides is 1. The van der Waals surface area contributed by atoms with Gasteiger partial charge in [-0.1, -0.05) is 13.3 Å². The van der Waals surface area contributed by atoms with Crippen molar-refractivity contribution in [1.29, 1.82) is 0 Å². The number of methoxy groups -OCH3 is 1. The van der Waals surface area contributed by atoms with Crippen LogP contribution in [0.4, 0.5) is 0 Å². The van der Waals surface area contributed by atoms with Crippen LogP contribution in [-0.4, -0.2) is 62.7 Å². The summed E-state index contributed by atoms with van der Waals surface area (Å²) in [6.07, 6.45) is 3.88. The lowest BCUT2D eigenvalue weighted by Crippen LogP contribution is -2.49. The van der Waals surface area contributed by atoms with Crippen LogP contribution in [0.5, 0.6) is 0 Å². The van der Waals surface area contributed by atoms with Gasteiger partial charge in [0.25, 0.3) is 5.91 Å². The average Bonchev–Trinajstić information content (AvgIpc) is 2.89. The van der Waals surface area contributed by atoms with E-state index in [9.17, 15) is 18.0 Å². The highest BCUT2D eigenvalue weighted by Crippen LogP contribution is 2.24. The number of nitrogens with zero attached hydrogens (tertiary/aromatic N) is 1. The smallest absolute Gasteiger partial charge is 0.339 e. The lowest BCUT2D eigenvalue weighted by molar-refractivity contribution is 0.0599. The number of aromatic nitrogens is 1. The minimum Gasteiger partial charge on any atom is -0.465 e. The van der Waals surface area contributed by atoms with Gasteiger partial charge < -0.3 is 14.6 Å². The van der Waals surface area contributed by atoms with Crippen LogP contribution in [0.15, 0.2) is 0 Å². The van der Waals surface area contributed by atoms with Gasteiger partial charge in [0, 0.05) is 24.8 Å². The number of likely N-dealkylation sites (tertiary alicyclic amines) is 1. The first-order chi connectivity index (χ1) is 12.2. The van der Waals surface area contributed by atoms with E-state index in [1.54, 1.807) is 11.8 Å². The summed E-state index contributed by atoms with van der Waals surface area (Å²) < 4.78 is 30.4. The van der Waals surface area contributed by atoms with Gasteiger partial charge in [0.05, 0.1) is 18.9 Å². The van der Waals surface area contributed by atoms with Crippen LogP contribution in [-0.2, 0) is 21.2 Å². The van der Waals surface area contributed by atoms with E-state index in [-0.39, 0.29) is 11.9 Å². The Morgan fingerprint density at radius 3 is 2.65 bits per heavy atom. The van der Waals surface area contributed by atoms with E-state index in [0.717, 1.165) is 12.7 Å². The van der Waals surface area contributed by atoms with Crippen molar-refractivity contribution in [2.24, 2.45) is 0 Å². The number of aryl methyl sites for hydroxylation is 1. The van der Waals surface area contributed by atoms with Crippen molar-refractivity contribution in [3.8, 4) is 0 Å². The molecule has 8 nitrogen and oxygen atoms in total. The number of sulfonamides is 1. The van der Waals surface area contributed by atoms with Crippen molar-refractivity contribution in [1.82, 2.24) is 14.6 Å². The molecule has 2 N–H and O–H groups in total. The highest BCUT2D eigenvalue weighted by Gasteiger charge is 2.31. The first-order valence-corrected chi connectivity index (χ1v) is 10.6. The second-order valence-corrected chi connectivity index (χ2v) is 8.48. The fraction of sp³-hybridized carbons (Fsp3) is 0.647. The van der Waals surface area contributed by atoms with Crippen LogP contribution in [0.3, 0.4) is 0 Å². The van der Waals surface area contributed by atoms with Crippen LogP contribution < -0.4 is 4.72 Å². The predicted molar refractivity (Wildman–Crippen MR) is 97.8 cm³/mol. The van der Waals surface area contributed by atoms with E-state index in [2.05, 4.69) is 9.71 Å². The molecule has 0 spiro atoms. The number of carbonyl (C=O) groups excluding carboxylic acids is 2. The third-order valence-corrected chi connectivity index (χ3v) is 5.25. The van der Waals surface area contributed by atoms with Gasteiger partial charge in [0.15, 0.2) is 0 Å². The zero-order chi connectivity index (χ0) is 19.5. The Morgan fingerprint density at radius 2 is 2.08 bits per heavy atom. The number of carbonyl (C=O) groups is 2. The average molecular weight is 385 g/mol. The zero-order valence-electron chi connectivity index (χ0n) is 15.7. The van der Waals surface area contributed by atoms with Crippen LogP contribution in [0.1, 0.15) is 58.3 Å². The maximum absolute atomic E-state index is 13.0.